The lowest BCUT2D eigenvalue weighted by Gasteiger charge is -2.10. The maximum atomic E-state index is 11.2. The molecule has 1 fully saturated rings. The number of rotatable bonds is 4. The molecule has 1 rings (SSSR count). The van der Waals surface area contributed by atoms with Crippen LogP contribution in [0.15, 0.2) is 12.7 Å². The van der Waals surface area contributed by atoms with E-state index in [1.54, 1.807) is 0 Å². The van der Waals surface area contributed by atoms with Gasteiger partial charge in [-0.05, 0) is 12.8 Å². The third-order valence-corrected chi connectivity index (χ3v) is 2.07. The predicted octanol–water partition coefficient (Wildman–Crippen LogP) is -0.0792. The van der Waals surface area contributed by atoms with E-state index in [-0.39, 0.29) is 6.61 Å². The first kappa shape index (κ1) is 10.7. The molecule has 0 aromatic carbocycles. The smallest absolute Gasteiger partial charge is 0.323 e. The Kier molecular flexibility index (Phi) is 3.64. The highest BCUT2D eigenvalue weighted by atomic mass is 16.5. The van der Waals surface area contributed by atoms with E-state index in [0.717, 1.165) is 0 Å². The van der Waals surface area contributed by atoms with Gasteiger partial charge in [-0.2, -0.15) is 0 Å². The predicted molar refractivity (Wildman–Crippen MR) is 48.7 cm³/mol. The van der Waals surface area contributed by atoms with E-state index in [4.69, 9.17) is 9.84 Å². The minimum Gasteiger partial charge on any atom is -0.480 e. The number of ether oxygens (including phenoxy) is 1. The summed E-state index contributed by atoms with van der Waals surface area (Å²) in [6.45, 7) is 3.57. The molecule has 5 nitrogen and oxygen atoms in total. The standard InChI is InChI=1S/C9H13NO4/c1-2-5-14-9(13)7-4-3-6(10-7)8(11)12/h2,6-7,10H,1,3-5H2,(H,11,12). The molecule has 1 heterocycles. The van der Waals surface area contributed by atoms with Crippen LogP contribution in [0.1, 0.15) is 12.8 Å². The Bertz CT molecular complexity index is 251. The quantitative estimate of drug-likeness (QED) is 0.489. The summed E-state index contributed by atoms with van der Waals surface area (Å²) >= 11 is 0. The number of carboxylic acid groups (broad SMARTS) is 1. The van der Waals surface area contributed by atoms with E-state index in [9.17, 15) is 9.59 Å². The molecule has 0 aromatic heterocycles. The number of hydrogen-bond donors (Lipinski definition) is 2. The summed E-state index contributed by atoms with van der Waals surface area (Å²) in [7, 11) is 0. The van der Waals surface area contributed by atoms with Gasteiger partial charge in [0.2, 0.25) is 0 Å². The Morgan fingerprint density at radius 2 is 2.14 bits per heavy atom. The van der Waals surface area contributed by atoms with E-state index in [2.05, 4.69) is 11.9 Å². The summed E-state index contributed by atoms with van der Waals surface area (Å²) in [5.74, 6) is -1.34. The minimum absolute atomic E-state index is 0.161. The molecule has 0 radical (unpaired) electrons. The van der Waals surface area contributed by atoms with E-state index in [1.165, 1.54) is 6.08 Å². The summed E-state index contributed by atoms with van der Waals surface area (Å²) in [5.41, 5.74) is 0. The molecule has 0 spiro atoms. The molecule has 5 heteroatoms. The van der Waals surface area contributed by atoms with Crippen molar-refractivity contribution in [2.24, 2.45) is 0 Å². The Labute approximate surface area is 81.7 Å². The molecule has 1 aliphatic heterocycles. The third kappa shape index (κ3) is 2.56. The first-order valence-electron chi connectivity index (χ1n) is 4.41. The summed E-state index contributed by atoms with van der Waals surface area (Å²) in [5, 5.41) is 11.3. The monoisotopic (exact) mass is 199 g/mol. The van der Waals surface area contributed by atoms with Crippen molar-refractivity contribution >= 4 is 11.9 Å². The molecular weight excluding hydrogens is 186 g/mol. The molecule has 1 aliphatic rings. The van der Waals surface area contributed by atoms with Crippen molar-refractivity contribution in [1.82, 2.24) is 5.32 Å². The number of aliphatic carboxylic acids is 1. The van der Waals surface area contributed by atoms with Gasteiger partial charge >= 0.3 is 11.9 Å². The van der Waals surface area contributed by atoms with Crippen LogP contribution in [0.4, 0.5) is 0 Å². The number of carbonyl (C=O) groups is 2. The van der Waals surface area contributed by atoms with Crippen molar-refractivity contribution in [2.45, 2.75) is 24.9 Å². The van der Waals surface area contributed by atoms with Gasteiger partial charge in [0, 0.05) is 0 Å². The SMILES string of the molecule is C=CCOC(=O)C1CCC(C(=O)O)N1. The van der Waals surface area contributed by atoms with Crippen LogP contribution in [0.5, 0.6) is 0 Å². The average molecular weight is 199 g/mol. The Balaban J connectivity index is 2.37. The maximum Gasteiger partial charge on any atom is 0.323 e. The average Bonchev–Trinajstić information content (AvgIpc) is 2.62. The summed E-state index contributed by atoms with van der Waals surface area (Å²) in [4.78, 5) is 21.8. The second kappa shape index (κ2) is 4.76. The number of esters is 1. The van der Waals surface area contributed by atoms with E-state index >= 15 is 0 Å². The van der Waals surface area contributed by atoms with Gasteiger partial charge in [0.05, 0.1) is 0 Å². The molecule has 2 atom stereocenters. The van der Waals surface area contributed by atoms with Crippen LogP contribution in [0.2, 0.25) is 0 Å². The topological polar surface area (TPSA) is 75.6 Å². The van der Waals surface area contributed by atoms with Gasteiger partial charge in [0.1, 0.15) is 18.7 Å². The van der Waals surface area contributed by atoms with Crippen LogP contribution in [0.3, 0.4) is 0 Å². The lowest BCUT2D eigenvalue weighted by Crippen LogP contribution is -2.40. The van der Waals surface area contributed by atoms with Gasteiger partial charge in [-0.1, -0.05) is 12.7 Å². The normalized spacial score (nSPS) is 25.7. The second-order valence-electron chi connectivity index (χ2n) is 3.11. The molecular formula is C9H13NO4. The third-order valence-electron chi connectivity index (χ3n) is 2.07. The van der Waals surface area contributed by atoms with Gasteiger partial charge in [-0.15, -0.1) is 0 Å². The molecule has 0 amide bonds. The molecule has 0 saturated carbocycles. The van der Waals surface area contributed by atoms with Crippen LogP contribution < -0.4 is 5.32 Å². The molecule has 0 bridgehead atoms. The van der Waals surface area contributed by atoms with Crippen LogP contribution in [-0.4, -0.2) is 35.7 Å². The van der Waals surface area contributed by atoms with Crippen LogP contribution >= 0.6 is 0 Å². The van der Waals surface area contributed by atoms with Crippen LogP contribution in [0, 0.1) is 0 Å². The Morgan fingerprint density at radius 3 is 2.64 bits per heavy atom. The highest BCUT2D eigenvalue weighted by molar-refractivity contribution is 5.80. The van der Waals surface area contributed by atoms with Crippen molar-refractivity contribution in [2.75, 3.05) is 6.61 Å². The number of hydrogen-bond acceptors (Lipinski definition) is 4. The molecule has 14 heavy (non-hydrogen) atoms. The highest BCUT2D eigenvalue weighted by Gasteiger charge is 2.33. The van der Waals surface area contributed by atoms with E-state index in [1.807, 2.05) is 0 Å². The lowest BCUT2D eigenvalue weighted by atomic mass is 10.2. The zero-order valence-corrected chi connectivity index (χ0v) is 7.73. The van der Waals surface area contributed by atoms with Crippen LogP contribution in [0.25, 0.3) is 0 Å². The van der Waals surface area contributed by atoms with Crippen molar-refractivity contribution < 1.29 is 19.4 Å². The molecule has 78 valence electrons. The zero-order chi connectivity index (χ0) is 10.6. The van der Waals surface area contributed by atoms with Gasteiger partial charge in [-0.25, -0.2) is 0 Å². The zero-order valence-electron chi connectivity index (χ0n) is 7.73. The summed E-state index contributed by atoms with van der Waals surface area (Å²) in [6, 6.07) is -1.12. The molecule has 2 N–H and O–H groups in total. The van der Waals surface area contributed by atoms with Crippen molar-refractivity contribution in [1.29, 1.82) is 0 Å². The van der Waals surface area contributed by atoms with E-state index in [0.29, 0.717) is 12.8 Å². The fourth-order valence-corrected chi connectivity index (χ4v) is 1.37. The fraction of sp³-hybridized carbons (Fsp3) is 0.556. The molecule has 1 saturated heterocycles. The Morgan fingerprint density at radius 1 is 1.50 bits per heavy atom. The second-order valence-corrected chi connectivity index (χ2v) is 3.11. The van der Waals surface area contributed by atoms with E-state index < -0.39 is 24.0 Å². The fourth-order valence-electron chi connectivity index (χ4n) is 1.37. The summed E-state index contributed by atoms with van der Waals surface area (Å²) in [6.07, 6.45) is 2.44. The van der Waals surface area contributed by atoms with Crippen molar-refractivity contribution in [3.05, 3.63) is 12.7 Å². The number of carboxylic acids is 1. The van der Waals surface area contributed by atoms with Crippen molar-refractivity contribution in [3.8, 4) is 0 Å². The van der Waals surface area contributed by atoms with Gasteiger partial charge in [-0.3, -0.25) is 14.9 Å². The van der Waals surface area contributed by atoms with Gasteiger partial charge < -0.3 is 9.84 Å². The minimum atomic E-state index is -0.927. The Hall–Kier alpha value is -1.36. The highest BCUT2D eigenvalue weighted by Crippen LogP contribution is 2.13. The lowest BCUT2D eigenvalue weighted by molar-refractivity contribution is -0.144. The van der Waals surface area contributed by atoms with Gasteiger partial charge in [0.15, 0.2) is 0 Å². The number of nitrogens with one attached hydrogen (secondary N) is 1. The molecule has 0 aliphatic carbocycles. The number of carbonyl (C=O) groups excluding carboxylic acids is 1. The van der Waals surface area contributed by atoms with Crippen molar-refractivity contribution in [3.63, 3.8) is 0 Å². The first-order chi connectivity index (χ1) is 6.65. The largest absolute Gasteiger partial charge is 0.480 e. The summed E-state index contributed by atoms with van der Waals surface area (Å²) < 4.78 is 4.79. The van der Waals surface area contributed by atoms with Gasteiger partial charge in [0.25, 0.3) is 0 Å². The van der Waals surface area contributed by atoms with Crippen LogP contribution in [-0.2, 0) is 14.3 Å². The molecule has 2 unspecified atom stereocenters. The molecule has 0 aromatic rings. The maximum absolute atomic E-state index is 11.2. The first-order valence-corrected chi connectivity index (χ1v) is 4.41.